The van der Waals surface area contributed by atoms with Crippen molar-refractivity contribution in [3.05, 3.63) is 10.5 Å². The smallest absolute Gasteiger partial charge is 0.319 e. The summed E-state index contributed by atoms with van der Waals surface area (Å²) in [4.78, 5) is 10.9. The van der Waals surface area contributed by atoms with Crippen LogP contribution in [0.25, 0.3) is 0 Å². The highest BCUT2D eigenvalue weighted by molar-refractivity contribution is 7.99. The summed E-state index contributed by atoms with van der Waals surface area (Å²) in [7, 11) is 3.59. The van der Waals surface area contributed by atoms with E-state index in [-0.39, 0.29) is 5.69 Å². The molecule has 0 radical (unpaired) electrons. The molecule has 12 heavy (non-hydrogen) atoms. The standard InChI is InChI=1S/C6H12N4OS/c1-7-3-4-12-6-9-8-5(11)10(6)2/h7H,3-4H2,1-2H3,(H,8,11). The van der Waals surface area contributed by atoms with E-state index in [0.717, 1.165) is 17.5 Å². The molecule has 0 fully saturated rings. The van der Waals surface area contributed by atoms with Gasteiger partial charge in [-0.1, -0.05) is 11.8 Å². The molecule has 68 valence electrons. The Bertz CT molecular complexity index is 292. The molecule has 1 aromatic rings. The molecule has 0 aliphatic carbocycles. The lowest BCUT2D eigenvalue weighted by Gasteiger charge is -1.97. The normalized spacial score (nSPS) is 10.5. The van der Waals surface area contributed by atoms with Gasteiger partial charge in [0.25, 0.3) is 0 Å². The molecule has 1 heterocycles. The molecule has 0 unspecified atom stereocenters. The zero-order valence-electron chi connectivity index (χ0n) is 7.13. The molecular formula is C6H12N4OS. The fourth-order valence-electron chi connectivity index (χ4n) is 0.706. The number of H-pyrrole nitrogens is 1. The summed E-state index contributed by atoms with van der Waals surface area (Å²) < 4.78 is 1.50. The van der Waals surface area contributed by atoms with Crippen LogP contribution < -0.4 is 11.0 Å². The number of rotatable bonds is 4. The van der Waals surface area contributed by atoms with E-state index in [1.807, 2.05) is 7.05 Å². The maximum Gasteiger partial charge on any atom is 0.343 e. The maximum absolute atomic E-state index is 10.9. The van der Waals surface area contributed by atoms with Gasteiger partial charge in [-0.25, -0.2) is 9.89 Å². The molecule has 0 atom stereocenters. The van der Waals surface area contributed by atoms with Crippen molar-refractivity contribution in [2.24, 2.45) is 7.05 Å². The first-order valence-corrected chi connectivity index (χ1v) is 4.63. The highest BCUT2D eigenvalue weighted by Crippen LogP contribution is 2.09. The summed E-state index contributed by atoms with van der Waals surface area (Å²) in [5.74, 6) is 0.911. The second kappa shape index (κ2) is 4.32. The van der Waals surface area contributed by atoms with Gasteiger partial charge < -0.3 is 5.32 Å². The van der Waals surface area contributed by atoms with E-state index in [2.05, 4.69) is 15.5 Å². The van der Waals surface area contributed by atoms with Crippen molar-refractivity contribution in [1.82, 2.24) is 20.1 Å². The third-order valence-electron chi connectivity index (χ3n) is 1.42. The van der Waals surface area contributed by atoms with Crippen molar-refractivity contribution in [2.75, 3.05) is 19.3 Å². The van der Waals surface area contributed by atoms with Gasteiger partial charge in [0.15, 0.2) is 5.16 Å². The van der Waals surface area contributed by atoms with Crippen LogP contribution in [0.1, 0.15) is 0 Å². The topological polar surface area (TPSA) is 62.7 Å². The minimum atomic E-state index is -0.165. The van der Waals surface area contributed by atoms with Crippen molar-refractivity contribution in [1.29, 1.82) is 0 Å². The highest BCUT2D eigenvalue weighted by atomic mass is 32.2. The Morgan fingerprint density at radius 2 is 2.50 bits per heavy atom. The van der Waals surface area contributed by atoms with Crippen molar-refractivity contribution in [3.8, 4) is 0 Å². The quantitative estimate of drug-likeness (QED) is 0.490. The molecule has 0 aliphatic heterocycles. The monoisotopic (exact) mass is 188 g/mol. The number of nitrogens with one attached hydrogen (secondary N) is 2. The molecular weight excluding hydrogens is 176 g/mol. The van der Waals surface area contributed by atoms with Crippen LogP contribution >= 0.6 is 11.8 Å². The minimum absolute atomic E-state index is 0.165. The van der Waals surface area contributed by atoms with Gasteiger partial charge in [0.05, 0.1) is 0 Å². The van der Waals surface area contributed by atoms with Crippen LogP contribution in [0.5, 0.6) is 0 Å². The van der Waals surface area contributed by atoms with E-state index in [0.29, 0.717) is 0 Å². The maximum atomic E-state index is 10.9. The molecule has 5 nitrogen and oxygen atoms in total. The van der Waals surface area contributed by atoms with Crippen molar-refractivity contribution >= 4 is 11.8 Å². The fraction of sp³-hybridized carbons (Fsp3) is 0.667. The number of hydrogen-bond acceptors (Lipinski definition) is 4. The van der Waals surface area contributed by atoms with Crippen molar-refractivity contribution < 1.29 is 0 Å². The SMILES string of the molecule is CNCCSc1n[nH]c(=O)n1C. The average molecular weight is 188 g/mol. The van der Waals surface area contributed by atoms with E-state index in [4.69, 9.17) is 0 Å². The van der Waals surface area contributed by atoms with Crippen LogP contribution in [-0.4, -0.2) is 34.1 Å². The predicted molar refractivity (Wildman–Crippen MR) is 48.5 cm³/mol. The van der Waals surface area contributed by atoms with Gasteiger partial charge in [0, 0.05) is 19.3 Å². The van der Waals surface area contributed by atoms with Crippen molar-refractivity contribution in [3.63, 3.8) is 0 Å². The van der Waals surface area contributed by atoms with Gasteiger partial charge in [0.1, 0.15) is 0 Å². The molecule has 1 aromatic heterocycles. The van der Waals surface area contributed by atoms with Crippen LogP contribution in [0, 0.1) is 0 Å². The summed E-state index contributed by atoms with van der Waals surface area (Å²) in [6, 6.07) is 0. The number of aromatic amines is 1. The van der Waals surface area contributed by atoms with Crippen LogP contribution in [0.3, 0.4) is 0 Å². The second-order valence-electron chi connectivity index (χ2n) is 2.32. The van der Waals surface area contributed by atoms with E-state index < -0.39 is 0 Å². The number of nitrogens with zero attached hydrogens (tertiary/aromatic N) is 2. The van der Waals surface area contributed by atoms with E-state index in [1.165, 1.54) is 4.57 Å². The average Bonchev–Trinajstić information content (AvgIpc) is 2.36. The Morgan fingerprint density at radius 1 is 1.75 bits per heavy atom. The summed E-state index contributed by atoms with van der Waals surface area (Å²) in [5, 5.41) is 9.98. The van der Waals surface area contributed by atoms with Crippen LogP contribution in [0.15, 0.2) is 9.95 Å². The Hall–Kier alpha value is -0.750. The lowest BCUT2D eigenvalue weighted by molar-refractivity contribution is 0.763. The van der Waals surface area contributed by atoms with Gasteiger partial charge >= 0.3 is 5.69 Å². The summed E-state index contributed by atoms with van der Waals surface area (Å²) in [6.07, 6.45) is 0. The zero-order valence-corrected chi connectivity index (χ0v) is 7.94. The first kappa shape index (κ1) is 9.34. The van der Waals surface area contributed by atoms with Crippen LogP contribution in [-0.2, 0) is 7.05 Å². The van der Waals surface area contributed by atoms with Gasteiger partial charge in [-0.3, -0.25) is 4.57 Å². The van der Waals surface area contributed by atoms with E-state index in [1.54, 1.807) is 18.8 Å². The van der Waals surface area contributed by atoms with Gasteiger partial charge in [-0.2, -0.15) is 0 Å². The van der Waals surface area contributed by atoms with E-state index in [9.17, 15) is 4.79 Å². The summed E-state index contributed by atoms with van der Waals surface area (Å²) in [6.45, 7) is 0.908. The highest BCUT2D eigenvalue weighted by Gasteiger charge is 2.02. The van der Waals surface area contributed by atoms with E-state index >= 15 is 0 Å². The van der Waals surface area contributed by atoms with Crippen LogP contribution in [0.4, 0.5) is 0 Å². The Balaban J connectivity index is 2.52. The number of aromatic nitrogens is 3. The lowest BCUT2D eigenvalue weighted by Crippen LogP contribution is -2.14. The van der Waals surface area contributed by atoms with Crippen LogP contribution in [0.2, 0.25) is 0 Å². The summed E-state index contributed by atoms with van der Waals surface area (Å²) in [5.41, 5.74) is -0.165. The molecule has 0 spiro atoms. The molecule has 0 aromatic carbocycles. The molecule has 0 bridgehead atoms. The Kier molecular flexibility index (Phi) is 3.36. The molecule has 0 saturated heterocycles. The molecule has 0 aliphatic rings. The zero-order chi connectivity index (χ0) is 8.97. The van der Waals surface area contributed by atoms with Gasteiger partial charge in [0.2, 0.25) is 0 Å². The number of hydrogen-bond donors (Lipinski definition) is 2. The van der Waals surface area contributed by atoms with Gasteiger partial charge in [-0.15, -0.1) is 5.10 Å². The first-order valence-electron chi connectivity index (χ1n) is 3.64. The minimum Gasteiger partial charge on any atom is -0.319 e. The van der Waals surface area contributed by atoms with Gasteiger partial charge in [-0.05, 0) is 7.05 Å². The first-order chi connectivity index (χ1) is 5.75. The molecule has 0 saturated carbocycles. The summed E-state index contributed by atoms with van der Waals surface area (Å²) >= 11 is 1.55. The fourth-order valence-corrected chi connectivity index (χ4v) is 1.58. The Morgan fingerprint density at radius 3 is 3.00 bits per heavy atom. The number of thioether (sulfide) groups is 1. The second-order valence-corrected chi connectivity index (χ2v) is 3.38. The molecule has 6 heteroatoms. The largest absolute Gasteiger partial charge is 0.343 e. The third-order valence-corrected chi connectivity index (χ3v) is 2.45. The predicted octanol–water partition coefficient (Wildman–Crippen LogP) is -0.580. The Labute approximate surface area is 74.6 Å². The third kappa shape index (κ3) is 2.12. The molecule has 1 rings (SSSR count). The van der Waals surface area contributed by atoms with Crippen molar-refractivity contribution in [2.45, 2.75) is 5.16 Å². The molecule has 2 N–H and O–H groups in total. The lowest BCUT2D eigenvalue weighted by atomic mass is 10.8. The molecule has 0 amide bonds.